The van der Waals surface area contributed by atoms with Crippen molar-refractivity contribution in [1.29, 1.82) is 0 Å². The van der Waals surface area contributed by atoms with Gasteiger partial charge in [0.1, 0.15) is 11.6 Å². The van der Waals surface area contributed by atoms with Crippen molar-refractivity contribution < 1.29 is 9.18 Å². The molecule has 21 heavy (non-hydrogen) atoms. The third kappa shape index (κ3) is 3.16. The number of carbonyl (C=O) groups is 1. The van der Waals surface area contributed by atoms with Gasteiger partial charge in [0.15, 0.2) is 5.69 Å². The van der Waals surface area contributed by atoms with E-state index >= 15 is 0 Å². The van der Waals surface area contributed by atoms with Crippen LogP contribution in [0.1, 0.15) is 29.0 Å². The molecule has 1 N–H and O–H groups in total. The van der Waals surface area contributed by atoms with Crippen LogP contribution >= 0.6 is 0 Å². The second-order valence-electron chi connectivity index (χ2n) is 4.67. The molecule has 0 aliphatic rings. The van der Waals surface area contributed by atoms with Gasteiger partial charge in [-0.05, 0) is 25.1 Å². The number of aromatic nitrogens is 2. The highest BCUT2D eigenvalue weighted by atomic mass is 19.1. The van der Waals surface area contributed by atoms with Crippen LogP contribution in [0.2, 0.25) is 0 Å². The molecule has 5 nitrogen and oxygen atoms in total. The van der Waals surface area contributed by atoms with Crippen LogP contribution in [0.5, 0.6) is 0 Å². The molecule has 0 saturated carbocycles. The fourth-order valence-electron chi connectivity index (χ4n) is 1.96. The van der Waals surface area contributed by atoms with Crippen molar-refractivity contribution in [3.05, 3.63) is 53.5 Å². The van der Waals surface area contributed by atoms with Gasteiger partial charge in [-0.1, -0.05) is 18.2 Å². The molecule has 0 bridgehead atoms. The standard InChI is InChI=1S/C15H17FN4O/c1-10(11-6-4-5-7-12(11)16)20(3)15(21)13-8-9-14(17-2)19-18-13/h4-10H,1-3H3,(H,17,19). The molecule has 1 aromatic heterocycles. The molecule has 1 atom stereocenters. The van der Waals surface area contributed by atoms with Crippen molar-refractivity contribution in [1.82, 2.24) is 15.1 Å². The molecule has 0 spiro atoms. The normalized spacial score (nSPS) is 11.8. The SMILES string of the molecule is CNc1ccc(C(=O)N(C)C(C)c2ccccc2F)nn1. The highest BCUT2D eigenvalue weighted by molar-refractivity contribution is 5.92. The third-order valence-corrected chi connectivity index (χ3v) is 3.40. The minimum absolute atomic E-state index is 0.222. The lowest BCUT2D eigenvalue weighted by atomic mass is 10.1. The summed E-state index contributed by atoms with van der Waals surface area (Å²) in [6.07, 6.45) is 0. The molecule has 0 aliphatic carbocycles. The lowest BCUT2D eigenvalue weighted by molar-refractivity contribution is 0.0733. The number of halogens is 1. The molecule has 2 rings (SSSR count). The molecule has 6 heteroatoms. The summed E-state index contributed by atoms with van der Waals surface area (Å²) in [5.74, 6) is -0.0569. The number of nitrogens with zero attached hydrogens (tertiary/aromatic N) is 3. The average molecular weight is 288 g/mol. The van der Waals surface area contributed by atoms with Gasteiger partial charge in [-0.15, -0.1) is 10.2 Å². The molecule has 2 aromatic rings. The molecule has 0 saturated heterocycles. The van der Waals surface area contributed by atoms with Crippen LogP contribution in [-0.4, -0.2) is 35.1 Å². The maximum Gasteiger partial charge on any atom is 0.274 e. The lowest BCUT2D eigenvalue weighted by Gasteiger charge is -2.25. The van der Waals surface area contributed by atoms with Gasteiger partial charge in [0.2, 0.25) is 0 Å². The van der Waals surface area contributed by atoms with Gasteiger partial charge in [0.25, 0.3) is 5.91 Å². The number of carbonyl (C=O) groups excluding carboxylic acids is 1. The van der Waals surface area contributed by atoms with E-state index in [0.717, 1.165) is 0 Å². The monoisotopic (exact) mass is 288 g/mol. The second-order valence-corrected chi connectivity index (χ2v) is 4.67. The van der Waals surface area contributed by atoms with Crippen LogP contribution in [0.25, 0.3) is 0 Å². The van der Waals surface area contributed by atoms with Gasteiger partial charge in [0.05, 0.1) is 6.04 Å². The number of amides is 1. The molecular formula is C15H17FN4O. The van der Waals surface area contributed by atoms with Gasteiger partial charge in [-0.3, -0.25) is 4.79 Å². The topological polar surface area (TPSA) is 58.1 Å². The summed E-state index contributed by atoms with van der Waals surface area (Å²) in [4.78, 5) is 13.8. The van der Waals surface area contributed by atoms with Crippen LogP contribution in [-0.2, 0) is 0 Å². The summed E-state index contributed by atoms with van der Waals surface area (Å²) in [5, 5.41) is 10.6. The Morgan fingerprint density at radius 3 is 2.52 bits per heavy atom. The molecule has 1 heterocycles. The van der Waals surface area contributed by atoms with Crippen LogP contribution in [0, 0.1) is 5.82 Å². The zero-order chi connectivity index (χ0) is 15.4. The summed E-state index contributed by atoms with van der Waals surface area (Å²) in [5.41, 5.74) is 0.688. The molecule has 0 aliphatic heterocycles. The lowest BCUT2D eigenvalue weighted by Crippen LogP contribution is -2.31. The second kappa shape index (κ2) is 6.30. The first-order chi connectivity index (χ1) is 10.0. The Kier molecular flexibility index (Phi) is 4.47. The largest absolute Gasteiger partial charge is 0.372 e. The number of hydrogen-bond acceptors (Lipinski definition) is 4. The first-order valence-corrected chi connectivity index (χ1v) is 6.57. The molecule has 1 aromatic carbocycles. The number of nitrogens with one attached hydrogen (secondary N) is 1. The van der Waals surface area contributed by atoms with E-state index in [9.17, 15) is 9.18 Å². The van der Waals surface area contributed by atoms with Crippen molar-refractivity contribution >= 4 is 11.7 Å². The highest BCUT2D eigenvalue weighted by Gasteiger charge is 2.22. The molecular weight excluding hydrogens is 271 g/mol. The van der Waals surface area contributed by atoms with Gasteiger partial charge in [-0.2, -0.15) is 0 Å². The Morgan fingerprint density at radius 1 is 1.24 bits per heavy atom. The van der Waals surface area contributed by atoms with Gasteiger partial charge in [-0.25, -0.2) is 4.39 Å². The van der Waals surface area contributed by atoms with E-state index in [2.05, 4.69) is 15.5 Å². The van der Waals surface area contributed by atoms with Crippen molar-refractivity contribution in [2.45, 2.75) is 13.0 Å². The third-order valence-electron chi connectivity index (χ3n) is 3.40. The van der Waals surface area contributed by atoms with Crippen LogP contribution in [0.15, 0.2) is 36.4 Å². The van der Waals surface area contributed by atoms with Crippen molar-refractivity contribution in [3.63, 3.8) is 0 Å². The number of benzene rings is 1. The maximum atomic E-state index is 13.8. The Bertz CT molecular complexity index is 630. The first kappa shape index (κ1) is 14.9. The van der Waals surface area contributed by atoms with Gasteiger partial charge >= 0.3 is 0 Å². The zero-order valence-electron chi connectivity index (χ0n) is 12.2. The summed E-state index contributed by atoms with van der Waals surface area (Å²) < 4.78 is 13.8. The summed E-state index contributed by atoms with van der Waals surface area (Å²) in [7, 11) is 3.34. The quantitative estimate of drug-likeness (QED) is 0.939. The van der Waals surface area contributed by atoms with E-state index in [-0.39, 0.29) is 17.4 Å². The van der Waals surface area contributed by atoms with Gasteiger partial charge < -0.3 is 10.2 Å². The fourth-order valence-corrected chi connectivity index (χ4v) is 1.96. The Labute approximate surface area is 122 Å². The fraction of sp³-hybridized carbons (Fsp3) is 0.267. The van der Waals surface area contributed by atoms with E-state index in [1.54, 1.807) is 51.4 Å². The van der Waals surface area contributed by atoms with Gasteiger partial charge in [0, 0.05) is 19.7 Å². The van der Waals surface area contributed by atoms with Crippen molar-refractivity contribution in [2.24, 2.45) is 0 Å². The average Bonchev–Trinajstić information content (AvgIpc) is 2.53. The van der Waals surface area contributed by atoms with E-state index < -0.39 is 6.04 Å². The zero-order valence-corrected chi connectivity index (χ0v) is 12.2. The summed E-state index contributed by atoms with van der Waals surface area (Å²) in [6, 6.07) is 9.27. The molecule has 0 fully saturated rings. The van der Waals surface area contributed by atoms with E-state index in [1.807, 2.05) is 0 Å². The predicted molar refractivity (Wildman–Crippen MR) is 78.5 cm³/mol. The Balaban J connectivity index is 2.20. The van der Waals surface area contributed by atoms with Crippen molar-refractivity contribution in [3.8, 4) is 0 Å². The minimum Gasteiger partial charge on any atom is -0.372 e. The van der Waals surface area contributed by atoms with Crippen molar-refractivity contribution in [2.75, 3.05) is 19.4 Å². The smallest absolute Gasteiger partial charge is 0.274 e. The first-order valence-electron chi connectivity index (χ1n) is 6.57. The van der Waals surface area contributed by atoms with Crippen LogP contribution in [0.3, 0.4) is 0 Å². The Morgan fingerprint density at radius 2 is 1.95 bits per heavy atom. The Hall–Kier alpha value is -2.50. The summed E-state index contributed by atoms with van der Waals surface area (Å²) >= 11 is 0. The highest BCUT2D eigenvalue weighted by Crippen LogP contribution is 2.22. The number of hydrogen-bond donors (Lipinski definition) is 1. The molecule has 110 valence electrons. The van der Waals surface area contributed by atoms with Crippen LogP contribution in [0.4, 0.5) is 10.2 Å². The van der Waals surface area contributed by atoms with E-state index in [4.69, 9.17) is 0 Å². The molecule has 0 radical (unpaired) electrons. The molecule has 1 amide bonds. The van der Waals surface area contributed by atoms with Crippen LogP contribution < -0.4 is 5.32 Å². The summed E-state index contributed by atoms with van der Waals surface area (Å²) in [6.45, 7) is 1.77. The number of anilines is 1. The van der Waals surface area contributed by atoms with E-state index in [1.165, 1.54) is 11.0 Å². The minimum atomic E-state index is -0.399. The van der Waals surface area contributed by atoms with E-state index in [0.29, 0.717) is 11.4 Å². The predicted octanol–water partition coefficient (Wildman–Crippen LogP) is 2.49. The molecule has 1 unspecified atom stereocenters. The maximum absolute atomic E-state index is 13.8. The number of rotatable bonds is 4.